The Morgan fingerprint density at radius 2 is 1.82 bits per heavy atom. The fourth-order valence-electron chi connectivity index (χ4n) is 3.22. The number of aryl methyl sites for hydroxylation is 1. The molecule has 0 bridgehead atoms. The summed E-state index contributed by atoms with van der Waals surface area (Å²) in [5.74, 6) is -1.35. The molecule has 0 aliphatic carbocycles. The average molecular weight is 488 g/mol. The Morgan fingerprint density at radius 1 is 1.06 bits per heavy atom. The standard InChI is InChI=1S/C24H23ClFN3O3S/c1-4-29(15(3)30)13-16-6-5-7-18(11-16)27-24(32)22-14(2)10-21(33-22)28-23(31)19-9-8-17(26)12-20(19)25/h5-12H,4,13H2,1-3H3,(H,27,32)(H,28,31). The molecule has 2 N–H and O–H groups in total. The van der Waals surface area contributed by atoms with Gasteiger partial charge in [-0.15, -0.1) is 11.3 Å². The van der Waals surface area contributed by atoms with Crippen LogP contribution in [0.5, 0.6) is 0 Å². The van der Waals surface area contributed by atoms with Crippen LogP contribution in [0.4, 0.5) is 15.1 Å². The summed E-state index contributed by atoms with van der Waals surface area (Å²) in [6.07, 6.45) is 0. The first-order valence-electron chi connectivity index (χ1n) is 10.2. The van der Waals surface area contributed by atoms with Crippen molar-refractivity contribution < 1.29 is 18.8 Å². The second-order valence-electron chi connectivity index (χ2n) is 7.39. The molecule has 172 valence electrons. The van der Waals surface area contributed by atoms with Crippen LogP contribution in [0.15, 0.2) is 48.5 Å². The molecule has 3 aromatic rings. The van der Waals surface area contributed by atoms with E-state index in [4.69, 9.17) is 11.6 Å². The van der Waals surface area contributed by atoms with Crippen LogP contribution in [0, 0.1) is 12.7 Å². The Balaban J connectivity index is 1.71. The Bertz CT molecular complexity index is 1210. The number of hydrogen-bond acceptors (Lipinski definition) is 4. The zero-order chi connectivity index (χ0) is 24.1. The van der Waals surface area contributed by atoms with Crippen LogP contribution in [-0.4, -0.2) is 29.2 Å². The van der Waals surface area contributed by atoms with Crippen molar-refractivity contribution in [3.63, 3.8) is 0 Å². The molecule has 0 fully saturated rings. The Labute approximate surface area is 200 Å². The molecule has 3 rings (SSSR count). The lowest BCUT2D eigenvalue weighted by Gasteiger charge is -2.19. The van der Waals surface area contributed by atoms with Crippen molar-refractivity contribution in [3.05, 3.63) is 80.9 Å². The molecule has 2 aromatic carbocycles. The summed E-state index contributed by atoms with van der Waals surface area (Å²) in [7, 11) is 0. The van der Waals surface area contributed by atoms with Crippen molar-refractivity contribution in [2.24, 2.45) is 0 Å². The van der Waals surface area contributed by atoms with Gasteiger partial charge in [-0.1, -0.05) is 23.7 Å². The highest BCUT2D eigenvalue weighted by molar-refractivity contribution is 7.18. The van der Waals surface area contributed by atoms with Crippen LogP contribution >= 0.6 is 22.9 Å². The summed E-state index contributed by atoms with van der Waals surface area (Å²) in [6.45, 7) is 6.25. The maximum Gasteiger partial charge on any atom is 0.266 e. The van der Waals surface area contributed by atoms with Gasteiger partial charge in [0.15, 0.2) is 0 Å². The minimum atomic E-state index is -0.532. The van der Waals surface area contributed by atoms with Gasteiger partial charge in [-0.3, -0.25) is 14.4 Å². The molecule has 0 spiro atoms. The highest BCUT2D eigenvalue weighted by atomic mass is 35.5. The lowest BCUT2D eigenvalue weighted by atomic mass is 10.1. The molecule has 0 aliphatic rings. The van der Waals surface area contributed by atoms with Crippen LogP contribution in [0.1, 0.15) is 45.0 Å². The predicted molar refractivity (Wildman–Crippen MR) is 130 cm³/mol. The fourth-order valence-corrected chi connectivity index (χ4v) is 4.44. The van der Waals surface area contributed by atoms with Gasteiger partial charge in [-0.25, -0.2) is 4.39 Å². The van der Waals surface area contributed by atoms with Crippen molar-refractivity contribution >= 4 is 51.3 Å². The van der Waals surface area contributed by atoms with Gasteiger partial charge in [0.05, 0.1) is 20.5 Å². The second-order valence-corrected chi connectivity index (χ2v) is 8.85. The van der Waals surface area contributed by atoms with Crippen LogP contribution in [-0.2, 0) is 11.3 Å². The minimum Gasteiger partial charge on any atom is -0.339 e. The zero-order valence-corrected chi connectivity index (χ0v) is 19.9. The number of hydrogen-bond donors (Lipinski definition) is 2. The number of benzene rings is 2. The quantitative estimate of drug-likeness (QED) is 0.447. The molecule has 1 aromatic heterocycles. The van der Waals surface area contributed by atoms with E-state index in [0.717, 1.165) is 29.0 Å². The number of thiophene rings is 1. The number of nitrogens with one attached hydrogen (secondary N) is 2. The summed E-state index contributed by atoms with van der Waals surface area (Å²) < 4.78 is 13.2. The van der Waals surface area contributed by atoms with E-state index in [1.807, 2.05) is 25.1 Å². The molecule has 1 heterocycles. The van der Waals surface area contributed by atoms with Crippen molar-refractivity contribution in [1.82, 2.24) is 4.90 Å². The van der Waals surface area contributed by atoms with Gasteiger partial charge in [0.1, 0.15) is 5.82 Å². The Kier molecular flexibility index (Phi) is 7.84. The number of halogens is 2. The van der Waals surface area contributed by atoms with Crippen molar-refractivity contribution in [1.29, 1.82) is 0 Å². The van der Waals surface area contributed by atoms with E-state index in [-0.39, 0.29) is 22.4 Å². The maximum atomic E-state index is 13.2. The van der Waals surface area contributed by atoms with E-state index in [1.165, 1.54) is 13.0 Å². The molecule has 0 aliphatic heterocycles. The highest BCUT2D eigenvalue weighted by Gasteiger charge is 2.18. The van der Waals surface area contributed by atoms with Gasteiger partial charge in [0.25, 0.3) is 11.8 Å². The van der Waals surface area contributed by atoms with Crippen molar-refractivity contribution in [2.75, 3.05) is 17.2 Å². The monoisotopic (exact) mass is 487 g/mol. The molecule has 0 saturated carbocycles. The molecule has 0 radical (unpaired) electrons. The summed E-state index contributed by atoms with van der Waals surface area (Å²) in [4.78, 5) is 39.2. The first-order chi connectivity index (χ1) is 15.7. The topological polar surface area (TPSA) is 78.5 Å². The zero-order valence-electron chi connectivity index (χ0n) is 18.4. The van der Waals surface area contributed by atoms with Crippen LogP contribution in [0.3, 0.4) is 0 Å². The normalized spacial score (nSPS) is 10.6. The average Bonchev–Trinajstić information content (AvgIpc) is 3.12. The SMILES string of the molecule is CCN(Cc1cccc(NC(=O)c2sc(NC(=O)c3ccc(F)cc3Cl)cc2C)c1)C(C)=O. The fraction of sp³-hybridized carbons (Fsp3) is 0.208. The summed E-state index contributed by atoms with van der Waals surface area (Å²) in [5, 5.41) is 6.04. The molecule has 0 atom stereocenters. The number of carbonyl (C=O) groups is 3. The number of carbonyl (C=O) groups excluding carboxylic acids is 3. The predicted octanol–water partition coefficient (Wildman–Crippen LogP) is 5.72. The number of anilines is 2. The first kappa shape index (κ1) is 24.4. The van der Waals surface area contributed by atoms with Crippen molar-refractivity contribution in [3.8, 4) is 0 Å². The van der Waals surface area contributed by atoms with E-state index in [2.05, 4.69) is 10.6 Å². The van der Waals surface area contributed by atoms with E-state index >= 15 is 0 Å². The van der Waals surface area contributed by atoms with Gasteiger partial charge in [-0.05, 0) is 61.4 Å². The van der Waals surface area contributed by atoms with Gasteiger partial charge in [0, 0.05) is 25.7 Å². The summed E-state index contributed by atoms with van der Waals surface area (Å²) in [5.41, 5.74) is 2.34. The van der Waals surface area contributed by atoms with E-state index in [1.54, 1.807) is 24.0 Å². The molecular weight excluding hydrogens is 465 g/mol. The van der Waals surface area contributed by atoms with Crippen LogP contribution in [0.2, 0.25) is 5.02 Å². The number of amides is 3. The highest BCUT2D eigenvalue weighted by Crippen LogP contribution is 2.29. The van der Waals surface area contributed by atoms with E-state index < -0.39 is 11.7 Å². The lowest BCUT2D eigenvalue weighted by molar-refractivity contribution is -0.129. The van der Waals surface area contributed by atoms with Crippen LogP contribution in [0.25, 0.3) is 0 Å². The van der Waals surface area contributed by atoms with Crippen molar-refractivity contribution in [2.45, 2.75) is 27.3 Å². The summed E-state index contributed by atoms with van der Waals surface area (Å²) >= 11 is 7.08. The third-order valence-corrected chi connectivity index (χ3v) is 6.39. The minimum absolute atomic E-state index is 0.00466. The Hall–Kier alpha value is -3.23. The first-order valence-corrected chi connectivity index (χ1v) is 11.4. The van der Waals surface area contributed by atoms with E-state index in [0.29, 0.717) is 34.2 Å². The molecular formula is C24H23ClFN3O3S. The number of nitrogens with zero attached hydrogens (tertiary/aromatic N) is 1. The molecule has 33 heavy (non-hydrogen) atoms. The Morgan fingerprint density at radius 3 is 2.48 bits per heavy atom. The third-order valence-electron chi connectivity index (χ3n) is 4.92. The molecule has 0 saturated heterocycles. The van der Waals surface area contributed by atoms with Crippen LogP contribution < -0.4 is 10.6 Å². The second kappa shape index (κ2) is 10.6. The molecule has 0 unspecified atom stereocenters. The van der Waals surface area contributed by atoms with Gasteiger partial charge in [-0.2, -0.15) is 0 Å². The third kappa shape index (κ3) is 6.18. The lowest BCUT2D eigenvalue weighted by Crippen LogP contribution is -2.27. The molecule has 9 heteroatoms. The number of rotatable bonds is 7. The van der Waals surface area contributed by atoms with E-state index in [9.17, 15) is 18.8 Å². The maximum absolute atomic E-state index is 13.2. The van der Waals surface area contributed by atoms with Gasteiger partial charge >= 0.3 is 0 Å². The van der Waals surface area contributed by atoms with Gasteiger partial charge in [0.2, 0.25) is 5.91 Å². The largest absolute Gasteiger partial charge is 0.339 e. The summed E-state index contributed by atoms with van der Waals surface area (Å²) in [6, 6.07) is 12.5. The molecule has 6 nitrogen and oxygen atoms in total. The van der Waals surface area contributed by atoms with Gasteiger partial charge < -0.3 is 15.5 Å². The molecule has 3 amide bonds. The smallest absolute Gasteiger partial charge is 0.266 e.